The van der Waals surface area contributed by atoms with E-state index < -0.39 is 5.41 Å². The average Bonchev–Trinajstić information content (AvgIpc) is 2.94. The summed E-state index contributed by atoms with van der Waals surface area (Å²) >= 11 is 14.6. The molecule has 0 spiro atoms. The summed E-state index contributed by atoms with van der Waals surface area (Å²) in [5, 5.41) is 1.29. The number of piperidine rings is 1. The van der Waals surface area contributed by atoms with E-state index >= 15 is 0 Å². The van der Waals surface area contributed by atoms with Crippen molar-refractivity contribution in [1.29, 1.82) is 0 Å². The second-order valence-corrected chi connectivity index (χ2v) is 12.4. The highest BCUT2D eigenvalue weighted by atomic mass is 35.5. The fourth-order valence-electron chi connectivity index (χ4n) is 5.62. The zero-order valence-corrected chi connectivity index (χ0v) is 24.9. The molecule has 4 atom stereocenters. The maximum absolute atomic E-state index is 14.5. The Labute approximate surface area is 246 Å². The predicted molar refractivity (Wildman–Crippen MR) is 161 cm³/mol. The molecule has 0 saturated carbocycles. The average molecular weight is 585 g/mol. The van der Waals surface area contributed by atoms with Crippen molar-refractivity contribution >= 4 is 46.8 Å². The molecule has 7 heteroatoms. The molecule has 0 unspecified atom stereocenters. The Morgan fingerprint density at radius 1 is 1.03 bits per heavy atom. The van der Waals surface area contributed by atoms with Crippen molar-refractivity contribution in [3.63, 3.8) is 0 Å². The quantitative estimate of drug-likeness (QED) is 0.225. The fraction of sp³-hybridized carbons (Fsp3) is 0.375. The lowest BCUT2D eigenvalue weighted by Gasteiger charge is -2.52. The monoisotopic (exact) mass is 583 g/mol. The lowest BCUT2D eigenvalue weighted by molar-refractivity contribution is -0.161. The van der Waals surface area contributed by atoms with Gasteiger partial charge >= 0.3 is 5.97 Å². The van der Waals surface area contributed by atoms with Crippen LogP contribution in [0.1, 0.15) is 61.8 Å². The summed E-state index contributed by atoms with van der Waals surface area (Å²) in [6, 6.07) is 25.7. The summed E-state index contributed by atoms with van der Waals surface area (Å²) in [5.41, 5.74) is 2.40. The molecule has 3 aromatic carbocycles. The first-order valence-corrected chi connectivity index (χ1v) is 15.2. The van der Waals surface area contributed by atoms with Crippen LogP contribution in [0.2, 0.25) is 10.0 Å². The van der Waals surface area contributed by atoms with E-state index in [0.29, 0.717) is 16.5 Å². The van der Waals surface area contributed by atoms with E-state index in [9.17, 15) is 9.59 Å². The number of likely N-dealkylation sites (tertiary alicyclic amines) is 1. The normalized spacial score (nSPS) is 22.0. The summed E-state index contributed by atoms with van der Waals surface area (Å²) in [6.45, 7) is 4.03. The molecule has 1 amide bonds. The van der Waals surface area contributed by atoms with Crippen LogP contribution in [0.15, 0.2) is 78.9 Å². The van der Waals surface area contributed by atoms with Crippen LogP contribution in [0.25, 0.3) is 0 Å². The summed E-state index contributed by atoms with van der Waals surface area (Å²) in [4.78, 5) is 29.1. The van der Waals surface area contributed by atoms with Crippen molar-refractivity contribution in [1.82, 2.24) is 4.90 Å². The van der Waals surface area contributed by atoms with E-state index in [1.54, 1.807) is 0 Å². The Balaban J connectivity index is 1.78. The molecule has 4 nitrogen and oxygen atoms in total. The molecule has 0 bridgehead atoms. The minimum absolute atomic E-state index is 0.0155. The molecule has 1 heterocycles. The van der Waals surface area contributed by atoms with Gasteiger partial charge in [-0.25, -0.2) is 0 Å². The molecule has 0 aromatic heterocycles. The molecule has 39 heavy (non-hydrogen) atoms. The molecular weight excluding hydrogens is 549 g/mol. The standard InChI is InChI=1S/C32H35Cl2NO3S/c1-4-27(21-39-20-22-9-6-5-7-10-22)35-30(23-13-15-25(33)16-14-23)28(24-11-8-12-26(34)17-24)18-32(2,31(35)37)19-29(36)38-3/h5-17,27-28,30H,4,18-21H2,1-3H3/t27-,28+,30+,32-/m0/s1. The Bertz CT molecular complexity index is 1270. The van der Waals surface area contributed by atoms with Gasteiger partial charge in [0.2, 0.25) is 5.91 Å². The van der Waals surface area contributed by atoms with Crippen molar-refractivity contribution < 1.29 is 14.3 Å². The van der Waals surface area contributed by atoms with Gasteiger partial charge in [-0.3, -0.25) is 9.59 Å². The first-order valence-electron chi connectivity index (χ1n) is 13.3. The zero-order valence-electron chi connectivity index (χ0n) is 22.6. The van der Waals surface area contributed by atoms with Gasteiger partial charge < -0.3 is 9.64 Å². The zero-order chi connectivity index (χ0) is 28.0. The first-order chi connectivity index (χ1) is 18.8. The summed E-state index contributed by atoms with van der Waals surface area (Å²) in [7, 11) is 1.37. The third-order valence-corrected chi connectivity index (χ3v) is 9.28. The number of halogens is 2. The van der Waals surface area contributed by atoms with Gasteiger partial charge in [0.1, 0.15) is 0 Å². The van der Waals surface area contributed by atoms with Gasteiger partial charge in [-0.2, -0.15) is 11.8 Å². The van der Waals surface area contributed by atoms with Crippen LogP contribution in [0, 0.1) is 5.41 Å². The number of methoxy groups -OCH3 is 1. The van der Waals surface area contributed by atoms with E-state index in [0.717, 1.165) is 29.1 Å². The van der Waals surface area contributed by atoms with Crippen molar-refractivity contribution in [3.05, 3.63) is 106 Å². The number of hydrogen-bond donors (Lipinski definition) is 0. The molecular formula is C32H35Cl2NO3S. The highest BCUT2D eigenvalue weighted by molar-refractivity contribution is 7.98. The van der Waals surface area contributed by atoms with Crippen molar-refractivity contribution in [3.8, 4) is 0 Å². The lowest BCUT2D eigenvalue weighted by Crippen LogP contribution is -2.56. The van der Waals surface area contributed by atoms with Crippen LogP contribution < -0.4 is 0 Å². The van der Waals surface area contributed by atoms with Crippen molar-refractivity contribution in [2.45, 2.75) is 56.9 Å². The van der Waals surface area contributed by atoms with Gasteiger partial charge in [-0.05, 0) is 53.8 Å². The third kappa shape index (κ3) is 7.00. The second-order valence-electron chi connectivity index (χ2n) is 10.5. The van der Waals surface area contributed by atoms with E-state index in [1.807, 2.05) is 79.3 Å². The first kappa shape index (κ1) is 29.5. The van der Waals surface area contributed by atoms with Gasteiger partial charge in [0.15, 0.2) is 0 Å². The molecule has 0 radical (unpaired) electrons. The Hall–Kier alpha value is -2.47. The fourth-order valence-corrected chi connectivity index (χ4v) is 7.16. The van der Waals surface area contributed by atoms with E-state index in [4.69, 9.17) is 27.9 Å². The highest BCUT2D eigenvalue weighted by Crippen LogP contribution is 2.52. The molecule has 1 aliphatic rings. The summed E-state index contributed by atoms with van der Waals surface area (Å²) < 4.78 is 5.04. The Kier molecular flexibility index (Phi) is 10.0. The summed E-state index contributed by atoms with van der Waals surface area (Å²) in [5.74, 6) is 1.16. The highest BCUT2D eigenvalue weighted by Gasteiger charge is 2.52. The number of amides is 1. The molecule has 3 aromatic rings. The maximum atomic E-state index is 14.5. The second kappa shape index (κ2) is 13.3. The number of hydrogen-bond acceptors (Lipinski definition) is 4. The number of ether oxygens (including phenoxy) is 1. The molecule has 1 saturated heterocycles. The molecule has 1 fully saturated rings. The molecule has 0 aliphatic carbocycles. The van der Waals surface area contributed by atoms with Gasteiger partial charge in [-0.15, -0.1) is 0 Å². The topological polar surface area (TPSA) is 46.6 Å². The van der Waals surface area contributed by atoms with Crippen LogP contribution in [0.4, 0.5) is 0 Å². The minimum Gasteiger partial charge on any atom is -0.469 e. The number of rotatable bonds is 10. The smallest absolute Gasteiger partial charge is 0.306 e. The number of carbonyl (C=O) groups is 2. The third-order valence-electron chi connectivity index (χ3n) is 7.64. The number of benzene rings is 3. The molecule has 206 valence electrons. The van der Waals surface area contributed by atoms with E-state index in [1.165, 1.54) is 12.7 Å². The molecule has 4 rings (SSSR count). The van der Waals surface area contributed by atoms with Crippen LogP contribution in [0.5, 0.6) is 0 Å². The molecule has 1 aliphatic heterocycles. The molecule has 0 N–H and O–H groups in total. The van der Waals surface area contributed by atoms with E-state index in [-0.39, 0.29) is 36.3 Å². The number of thioether (sulfide) groups is 1. The van der Waals surface area contributed by atoms with Crippen molar-refractivity contribution in [2.24, 2.45) is 5.41 Å². The van der Waals surface area contributed by atoms with Crippen LogP contribution in [0.3, 0.4) is 0 Å². The van der Waals surface area contributed by atoms with Crippen LogP contribution in [-0.2, 0) is 20.1 Å². The number of carbonyl (C=O) groups excluding carboxylic acids is 2. The minimum atomic E-state index is -0.916. The van der Waals surface area contributed by atoms with E-state index in [2.05, 4.69) is 30.0 Å². The van der Waals surface area contributed by atoms with Gasteiger partial charge in [-0.1, -0.05) is 91.6 Å². The van der Waals surface area contributed by atoms with Crippen molar-refractivity contribution in [2.75, 3.05) is 12.9 Å². The largest absolute Gasteiger partial charge is 0.469 e. The predicted octanol–water partition coefficient (Wildman–Crippen LogP) is 8.33. The van der Waals surface area contributed by atoms with Crippen LogP contribution >= 0.6 is 35.0 Å². The SMILES string of the molecule is CC[C@@H](CSCc1ccccc1)N1C(=O)[C@](C)(CC(=O)OC)C[C@H](c2cccc(Cl)c2)[C@H]1c1ccc(Cl)cc1. The van der Waals surface area contributed by atoms with Gasteiger partial charge in [0, 0.05) is 33.5 Å². The van der Waals surface area contributed by atoms with Gasteiger partial charge in [0.25, 0.3) is 0 Å². The maximum Gasteiger partial charge on any atom is 0.306 e. The van der Waals surface area contributed by atoms with Crippen LogP contribution in [-0.4, -0.2) is 35.7 Å². The summed E-state index contributed by atoms with van der Waals surface area (Å²) in [6.07, 6.45) is 1.31. The Morgan fingerprint density at radius 3 is 2.38 bits per heavy atom. The number of esters is 1. The lowest BCUT2D eigenvalue weighted by atomic mass is 9.67. The number of nitrogens with zero attached hydrogens (tertiary/aromatic N) is 1. The van der Waals surface area contributed by atoms with Gasteiger partial charge in [0.05, 0.1) is 25.0 Å². The Morgan fingerprint density at radius 2 is 1.74 bits per heavy atom.